The number of rotatable bonds is 4. The minimum atomic E-state index is -1.19. The molecule has 0 aromatic heterocycles. The quantitative estimate of drug-likeness (QED) is 0.500. The zero-order chi connectivity index (χ0) is 12.4. The summed E-state index contributed by atoms with van der Waals surface area (Å²) in [7, 11) is 0. The molecule has 86 valence electrons. The Bertz CT molecular complexity index is 243. The van der Waals surface area contributed by atoms with Crippen LogP contribution in [-0.4, -0.2) is 30.3 Å². The standard InChI is InChI=1S/C6H10O3.C4H6O2/c1-5(2)6(8)9-4-3-7;1-3(2)4(5)6/h7H,1,3-4H2,2H3;1H2,2H3,(H,5,6)/p-1. The number of hydrogen-bond donors (Lipinski definition) is 1. The van der Waals surface area contributed by atoms with Crippen LogP contribution in [0.3, 0.4) is 0 Å². The lowest BCUT2D eigenvalue weighted by molar-refractivity contribution is -0.299. The fourth-order valence-electron chi connectivity index (χ4n) is 0.262. The topological polar surface area (TPSA) is 86.7 Å². The van der Waals surface area contributed by atoms with Gasteiger partial charge in [0.25, 0.3) is 0 Å². The molecule has 15 heavy (non-hydrogen) atoms. The molecule has 5 heteroatoms. The summed E-state index contributed by atoms with van der Waals surface area (Å²) in [5.74, 6) is -1.64. The van der Waals surface area contributed by atoms with Gasteiger partial charge in [-0.25, -0.2) is 4.79 Å². The Kier molecular flexibility index (Phi) is 9.45. The van der Waals surface area contributed by atoms with E-state index in [-0.39, 0.29) is 18.8 Å². The van der Waals surface area contributed by atoms with Crippen molar-refractivity contribution < 1.29 is 24.5 Å². The summed E-state index contributed by atoms with van der Waals surface area (Å²) in [6.45, 7) is 9.29. The minimum Gasteiger partial charge on any atom is -0.545 e. The van der Waals surface area contributed by atoms with Crippen LogP contribution in [0.4, 0.5) is 0 Å². The molecular formula is C10H15O5-. The lowest BCUT2D eigenvalue weighted by Gasteiger charge is -1.99. The van der Waals surface area contributed by atoms with E-state index in [4.69, 9.17) is 5.11 Å². The highest BCUT2D eigenvalue weighted by Gasteiger charge is 1.99. The maximum absolute atomic E-state index is 10.5. The second-order valence-electron chi connectivity index (χ2n) is 2.71. The van der Waals surface area contributed by atoms with Gasteiger partial charge in [0.15, 0.2) is 0 Å². The molecule has 0 aromatic rings. The number of carbonyl (C=O) groups excluding carboxylic acids is 2. The van der Waals surface area contributed by atoms with Crippen molar-refractivity contribution in [2.45, 2.75) is 13.8 Å². The predicted octanol–water partition coefficient (Wildman–Crippen LogP) is -0.590. The summed E-state index contributed by atoms with van der Waals surface area (Å²) < 4.78 is 4.46. The van der Waals surface area contributed by atoms with Crippen molar-refractivity contribution in [2.75, 3.05) is 13.2 Å². The van der Waals surface area contributed by atoms with Crippen LogP contribution in [0.2, 0.25) is 0 Å². The van der Waals surface area contributed by atoms with Crippen LogP contribution < -0.4 is 5.11 Å². The molecule has 0 bridgehead atoms. The van der Waals surface area contributed by atoms with E-state index < -0.39 is 11.9 Å². The molecule has 0 amide bonds. The number of ether oxygens (including phenoxy) is 1. The maximum atomic E-state index is 10.5. The number of esters is 1. The van der Waals surface area contributed by atoms with Crippen LogP contribution in [0.15, 0.2) is 24.3 Å². The Balaban J connectivity index is 0. The van der Waals surface area contributed by atoms with Gasteiger partial charge in [-0.2, -0.15) is 0 Å². The Hall–Kier alpha value is -1.62. The largest absolute Gasteiger partial charge is 0.545 e. The number of aliphatic hydroxyl groups excluding tert-OH is 1. The maximum Gasteiger partial charge on any atom is 0.333 e. The van der Waals surface area contributed by atoms with Crippen LogP contribution in [0, 0.1) is 0 Å². The van der Waals surface area contributed by atoms with Crippen molar-refractivity contribution in [3.05, 3.63) is 24.3 Å². The van der Waals surface area contributed by atoms with Gasteiger partial charge < -0.3 is 19.7 Å². The Labute approximate surface area is 88.7 Å². The fourth-order valence-corrected chi connectivity index (χ4v) is 0.262. The van der Waals surface area contributed by atoms with Gasteiger partial charge in [0.05, 0.1) is 12.6 Å². The van der Waals surface area contributed by atoms with Crippen molar-refractivity contribution in [3.63, 3.8) is 0 Å². The SMILES string of the molecule is C=C(C)C(=O)OCCO.C=C(C)C(=O)[O-]. The third kappa shape index (κ3) is 12.4. The number of hydrogen-bond acceptors (Lipinski definition) is 5. The van der Waals surface area contributed by atoms with Gasteiger partial charge in [0, 0.05) is 5.57 Å². The van der Waals surface area contributed by atoms with Crippen molar-refractivity contribution in [3.8, 4) is 0 Å². The van der Waals surface area contributed by atoms with Crippen molar-refractivity contribution in [1.82, 2.24) is 0 Å². The molecule has 0 unspecified atom stereocenters. The monoisotopic (exact) mass is 215 g/mol. The highest BCUT2D eigenvalue weighted by Crippen LogP contribution is 1.89. The van der Waals surface area contributed by atoms with E-state index in [1.165, 1.54) is 6.92 Å². The van der Waals surface area contributed by atoms with Crippen LogP contribution in [0.25, 0.3) is 0 Å². The number of carbonyl (C=O) groups is 2. The molecule has 0 rings (SSSR count). The van der Waals surface area contributed by atoms with E-state index in [9.17, 15) is 14.7 Å². The number of aliphatic carboxylic acids is 1. The third-order valence-corrected chi connectivity index (χ3v) is 1.02. The third-order valence-electron chi connectivity index (χ3n) is 1.02. The minimum absolute atomic E-state index is 0.0473. The zero-order valence-electron chi connectivity index (χ0n) is 8.91. The van der Waals surface area contributed by atoms with Gasteiger partial charge in [-0.1, -0.05) is 13.2 Å². The van der Waals surface area contributed by atoms with Crippen molar-refractivity contribution >= 4 is 11.9 Å². The summed E-state index contributed by atoms with van der Waals surface area (Å²) in [5, 5.41) is 17.7. The molecule has 0 atom stereocenters. The van der Waals surface area contributed by atoms with Crippen LogP contribution in [0.1, 0.15) is 13.8 Å². The summed E-state index contributed by atoms with van der Waals surface area (Å²) in [4.78, 5) is 20.0. The van der Waals surface area contributed by atoms with Crippen LogP contribution in [-0.2, 0) is 14.3 Å². The fraction of sp³-hybridized carbons (Fsp3) is 0.400. The van der Waals surface area contributed by atoms with Gasteiger partial charge in [-0.05, 0) is 19.4 Å². The second kappa shape index (κ2) is 8.96. The molecule has 5 nitrogen and oxygen atoms in total. The van der Waals surface area contributed by atoms with Gasteiger partial charge >= 0.3 is 5.97 Å². The van der Waals surface area contributed by atoms with Crippen LogP contribution in [0.5, 0.6) is 0 Å². The molecule has 0 saturated carbocycles. The molecule has 0 aliphatic rings. The number of aliphatic hydroxyl groups is 1. The number of carboxylic acids is 1. The lowest BCUT2D eigenvalue weighted by atomic mass is 10.4. The van der Waals surface area contributed by atoms with Gasteiger partial charge in [-0.15, -0.1) is 0 Å². The molecule has 0 fully saturated rings. The summed E-state index contributed by atoms with van der Waals surface area (Å²) in [5.41, 5.74) is 0.415. The van der Waals surface area contributed by atoms with E-state index in [1.54, 1.807) is 6.92 Å². The van der Waals surface area contributed by atoms with Gasteiger partial charge in [0.2, 0.25) is 0 Å². The molecule has 0 aliphatic carbocycles. The Morgan fingerprint density at radius 1 is 1.27 bits per heavy atom. The van der Waals surface area contributed by atoms with Crippen molar-refractivity contribution in [2.24, 2.45) is 0 Å². The molecule has 0 saturated heterocycles. The average Bonchev–Trinajstić information content (AvgIpc) is 2.14. The molecule has 1 N–H and O–H groups in total. The summed E-state index contributed by atoms with van der Waals surface area (Å²) in [6, 6.07) is 0. The molecule has 0 aliphatic heterocycles. The highest BCUT2D eigenvalue weighted by atomic mass is 16.5. The molecular weight excluding hydrogens is 200 g/mol. The first kappa shape index (κ1) is 15.8. The zero-order valence-corrected chi connectivity index (χ0v) is 8.91. The van der Waals surface area contributed by atoms with Crippen LogP contribution >= 0.6 is 0 Å². The Morgan fingerprint density at radius 3 is 1.87 bits per heavy atom. The normalized spacial score (nSPS) is 8.20. The summed E-state index contributed by atoms with van der Waals surface area (Å²) >= 11 is 0. The average molecular weight is 215 g/mol. The van der Waals surface area contributed by atoms with Gasteiger partial charge in [0.1, 0.15) is 6.61 Å². The smallest absolute Gasteiger partial charge is 0.333 e. The van der Waals surface area contributed by atoms with E-state index in [0.717, 1.165) is 0 Å². The van der Waals surface area contributed by atoms with Crippen molar-refractivity contribution in [1.29, 1.82) is 0 Å². The first-order chi connectivity index (χ1) is 6.82. The van der Waals surface area contributed by atoms with E-state index >= 15 is 0 Å². The first-order valence-electron chi connectivity index (χ1n) is 4.13. The van der Waals surface area contributed by atoms with E-state index in [2.05, 4.69) is 17.9 Å². The molecule has 0 heterocycles. The highest BCUT2D eigenvalue weighted by molar-refractivity contribution is 5.86. The summed E-state index contributed by atoms with van der Waals surface area (Å²) in [6.07, 6.45) is 0. The van der Waals surface area contributed by atoms with E-state index in [0.29, 0.717) is 5.57 Å². The van der Waals surface area contributed by atoms with E-state index in [1.807, 2.05) is 0 Å². The molecule has 0 radical (unpaired) electrons. The first-order valence-corrected chi connectivity index (χ1v) is 4.13. The second-order valence-corrected chi connectivity index (χ2v) is 2.71. The molecule has 0 aromatic carbocycles. The molecule has 0 spiro atoms. The Morgan fingerprint density at radius 2 is 1.67 bits per heavy atom. The predicted molar refractivity (Wildman–Crippen MR) is 52.7 cm³/mol. The number of carboxylic acid groups (broad SMARTS) is 1. The van der Waals surface area contributed by atoms with Gasteiger partial charge in [-0.3, -0.25) is 0 Å². The lowest BCUT2D eigenvalue weighted by Crippen LogP contribution is -2.22.